The first-order valence-corrected chi connectivity index (χ1v) is 14.5. The van der Waals surface area contributed by atoms with Crippen LogP contribution in [0.5, 0.6) is 5.75 Å². The number of aromatic hydroxyl groups is 1. The maximum absolute atomic E-state index is 11.5. The maximum atomic E-state index is 11.5. The molecule has 4 heteroatoms. The van der Waals surface area contributed by atoms with Gasteiger partial charge in [-0.3, -0.25) is 0 Å². The van der Waals surface area contributed by atoms with Crippen molar-refractivity contribution in [1.29, 1.82) is 0 Å². The predicted molar refractivity (Wildman–Crippen MR) is 142 cm³/mol. The molecule has 4 saturated carbocycles. The van der Waals surface area contributed by atoms with E-state index in [-0.39, 0.29) is 17.2 Å². The lowest BCUT2D eigenvalue weighted by molar-refractivity contribution is -0.172. The Bertz CT molecular complexity index is 905. The summed E-state index contributed by atoms with van der Waals surface area (Å²) in [5.74, 6) is 4.35. The Hall–Kier alpha value is -1.26. The Morgan fingerprint density at radius 3 is 2.49 bits per heavy atom. The Balaban J connectivity index is 1.50. The molecule has 0 radical (unpaired) electrons. The fourth-order valence-electron chi connectivity index (χ4n) is 10.5. The lowest BCUT2D eigenvalue weighted by atomic mass is 9.42. The fourth-order valence-corrected chi connectivity index (χ4v) is 10.5. The summed E-state index contributed by atoms with van der Waals surface area (Å²) >= 11 is 0. The molecule has 0 amide bonds. The number of hydrogen-bond acceptors (Lipinski definition) is 4. The lowest BCUT2D eigenvalue weighted by Gasteiger charge is -2.65. The molecule has 0 heterocycles. The van der Waals surface area contributed by atoms with Gasteiger partial charge in [-0.15, -0.1) is 0 Å². The van der Waals surface area contributed by atoms with Gasteiger partial charge < -0.3 is 20.2 Å². The van der Waals surface area contributed by atoms with Crippen molar-refractivity contribution in [2.24, 2.45) is 46.3 Å². The number of anilines is 1. The molecule has 1 aromatic carbocycles. The monoisotopic (exact) mass is 483 g/mol. The number of fused-ring (bicyclic) bond motifs is 5. The van der Waals surface area contributed by atoms with E-state index in [9.17, 15) is 15.3 Å². The number of aliphatic hydroxyl groups is 2. The van der Waals surface area contributed by atoms with Crippen molar-refractivity contribution in [2.75, 3.05) is 11.9 Å². The number of aliphatic hydroxyl groups excluding tert-OH is 2. The number of nitrogens with zero attached hydrogens (tertiary/aromatic N) is 1. The van der Waals surface area contributed by atoms with Crippen molar-refractivity contribution in [2.45, 2.75) is 104 Å². The molecule has 0 aromatic heterocycles. The predicted octanol–water partition coefficient (Wildman–Crippen LogP) is 6.23. The summed E-state index contributed by atoms with van der Waals surface area (Å²) in [5, 5.41) is 33.1. The molecule has 4 fully saturated rings. The zero-order valence-electron chi connectivity index (χ0n) is 22.7. The third-order valence-corrected chi connectivity index (χ3v) is 12.0. The van der Waals surface area contributed by atoms with Gasteiger partial charge in [0.05, 0.1) is 17.8 Å². The second kappa shape index (κ2) is 9.24. The smallest absolute Gasteiger partial charge is 0.138 e. The molecule has 0 aliphatic heterocycles. The zero-order valence-corrected chi connectivity index (χ0v) is 22.7. The van der Waals surface area contributed by atoms with Gasteiger partial charge in [0.15, 0.2) is 0 Å². The highest BCUT2D eigenvalue weighted by molar-refractivity contribution is 5.58. The molecule has 196 valence electrons. The zero-order chi connectivity index (χ0) is 25.1. The average Bonchev–Trinajstić information content (AvgIpc) is 3.18. The first-order valence-electron chi connectivity index (χ1n) is 14.5. The van der Waals surface area contributed by atoms with Crippen LogP contribution in [0.1, 0.15) is 85.5 Å². The number of benzene rings is 1. The molecule has 4 aliphatic carbocycles. The topological polar surface area (TPSA) is 63.9 Å². The van der Waals surface area contributed by atoms with Gasteiger partial charge >= 0.3 is 0 Å². The number of likely N-dealkylation sites (N-methyl/N-ethyl adjacent to an activating group) is 1. The number of para-hydroxylation sites is 2. The molecule has 4 nitrogen and oxygen atoms in total. The number of rotatable bonds is 5. The Kier molecular flexibility index (Phi) is 6.70. The van der Waals surface area contributed by atoms with Crippen molar-refractivity contribution in [3.63, 3.8) is 0 Å². The van der Waals surface area contributed by atoms with Crippen molar-refractivity contribution >= 4 is 5.69 Å². The van der Waals surface area contributed by atoms with E-state index in [4.69, 9.17) is 0 Å². The molecular weight excluding hydrogens is 434 g/mol. The van der Waals surface area contributed by atoms with Crippen LogP contribution in [0, 0.1) is 46.3 Å². The first kappa shape index (κ1) is 25.4. The van der Waals surface area contributed by atoms with Gasteiger partial charge in [-0.25, -0.2) is 0 Å². The molecule has 3 N–H and O–H groups in total. The molecule has 1 unspecified atom stereocenters. The van der Waals surface area contributed by atoms with Crippen LogP contribution in [-0.2, 0) is 0 Å². The van der Waals surface area contributed by atoms with Crippen LogP contribution >= 0.6 is 0 Å². The van der Waals surface area contributed by atoms with Gasteiger partial charge in [-0.05, 0) is 103 Å². The van der Waals surface area contributed by atoms with E-state index in [2.05, 4.69) is 32.6 Å². The van der Waals surface area contributed by atoms with Gasteiger partial charge in [-0.2, -0.15) is 0 Å². The Labute approximate surface area is 213 Å². The summed E-state index contributed by atoms with van der Waals surface area (Å²) < 4.78 is 0. The standard InChI is InChI=1S/C31H49NO3/c1-6-9-19(2)22-14-15-23-21-13-12-20-18-27(34)28(35)29(32(5)25-10-7-8-11-26(25)33)31(20,4)24(21)16-17-30(22,23)3/h7-8,10-11,19-24,27-29,33-35H,6,9,12-18H2,1-5H3/t19-,20?,21+,22-,23+,24+,27-,28-,29+,30-,31+/m1/s1. The van der Waals surface area contributed by atoms with Crippen LogP contribution in [0.2, 0.25) is 0 Å². The van der Waals surface area contributed by atoms with E-state index in [1.54, 1.807) is 6.07 Å². The van der Waals surface area contributed by atoms with Crippen LogP contribution in [0.3, 0.4) is 0 Å². The Morgan fingerprint density at radius 2 is 1.77 bits per heavy atom. The summed E-state index contributed by atoms with van der Waals surface area (Å²) in [4.78, 5) is 2.10. The highest BCUT2D eigenvalue weighted by atomic mass is 16.3. The van der Waals surface area contributed by atoms with Gasteiger partial charge in [0.2, 0.25) is 0 Å². The van der Waals surface area contributed by atoms with Crippen LogP contribution < -0.4 is 4.90 Å². The second-order valence-corrected chi connectivity index (χ2v) is 13.3. The van der Waals surface area contributed by atoms with E-state index < -0.39 is 12.2 Å². The average molecular weight is 484 g/mol. The second-order valence-electron chi connectivity index (χ2n) is 13.3. The minimum atomic E-state index is -0.811. The molecule has 35 heavy (non-hydrogen) atoms. The van der Waals surface area contributed by atoms with E-state index >= 15 is 0 Å². The van der Waals surface area contributed by atoms with Crippen molar-refractivity contribution in [3.05, 3.63) is 24.3 Å². The highest BCUT2D eigenvalue weighted by Gasteiger charge is 2.65. The van der Waals surface area contributed by atoms with E-state index in [0.29, 0.717) is 29.6 Å². The molecule has 4 aliphatic rings. The first-order chi connectivity index (χ1) is 16.6. The van der Waals surface area contributed by atoms with Gasteiger partial charge in [0.1, 0.15) is 11.9 Å². The van der Waals surface area contributed by atoms with Crippen LogP contribution in [0.4, 0.5) is 5.69 Å². The third-order valence-electron chi connectivity index (χ3n) is 12.0. The lowest BCUT2D eigenvalue weighted by Crippen LogP contribution is -2.68. The summed E-state index contributed by atoms with van der Waals surface area (Å²) in [6.45, 7) is 9.88. The van der Waals surface area contributed by atoms with E-state index in [0.717, 1.165) is 29.9 Å². The summed E-state index contributed by atoms with van der Waals surface area (Å²) in [6.07, 6.45) is 9.50. The maximum Gasteiger partial charge on any atom is 0.138 e. The molecule has 1 aromatic rings. The van der Waals surface area contributed by atoms with Crippen LogP contribution in [0.15, 0.2) is 24.3 Å². The molecule has 11 atom stereocenters. The minimum Gasteiger partial charge on any atom is -0.506 e. The van der Waals surface area contributed by atoms with Gasteiger partial charge in [-0.1, -0.05) is 52.7 Å². The molecule has 0 spiro atoms. The molecule has 0 bridgehead atoms. The quantitative estimate of drug-likeness (QED) is 0.464. The SMILES string of the molecule is CCC[C@@H](C)[C@H]1CC[C@H]2[C@@H]3CCC4C[C@@H](O)[C@@H](O)[C@H](N(C)c5ccccc5O)[C@]4(C)[C@H]3CC[C@]12C. The van der Waals surface area contributed by atoms with E-state index in [1.807, 2.05) is 25.2 Å². The highest BCUT2D eigenvalue weighted by Crippen LogP contribution is 2.69. The van der Waals surface area contributed by atoms with Crippen LogP contribution in [-0.4, -0.2) is 40.6 Å². The van der Waals surface area contributed by atoms with Crippen molar-refractivity contribution < 1.29 is 15.3 Å². The van der Waals surface area contributed by atoms with Crippen molar-refractivity contribution in [3.8, 4) is 5.75 Å². The third kappa shape index (κ3) is 3.76. The number of phenols is 1. The fraction of sp³-hybridized carbons (Fsp3) is 0.806. The molecular formula is C31H49NO3. The van der Waals surface area contributed by atoms with Gasteiger partial charge in [0.25, 0.3) is 0 Å². The molecule has 0 saturated heterocycles. The summed E-state index contributed by atoms with van der Waals surface area (Å²) in [6, 6.07) is 7.25. The number of phenolic OH excluding ortho intramolecular Hbond substituents is 1. The summed E-state index contributed by atoms with van der Waals surface area (Å²) in [5.41, 5.74) is 1.11. The number of hydrogen-bond donors (Lipinski definition) is 3. The Morgan fingerprint density at radius 1 is 1.03 bits per heavy atom. The largest absolute Gasteiger partial charge is 0.506 e. The normalized spacial score (nSPS) is 45.8. The minimum absolute atomic E-state index is 0.0902. The van der Waals surface area contributed by atoms with E-state index in [1.165, 1.54) is 44.9 Å². The summed E-state index contributed by atoms with van der Waals surface area (Å²) in [7, 11) is 2.01. The molecule has 5 rings (SSSR count). The van der Waals surface area contributed by atoms with Crippen molar-refractivity contribution in [1.82, 2.24) is 0 Å². The van der Waals surface area contributed by atoms with Crippen LogP contribution in [0.25, 0.3) is 0 Å². The van der Waals surface area contributed by atoms with Gasteiger partial charge in [0, 0.05) is 7.05 Å².